The van der Waals surface area contributed by atoms with Gasteiger partial charge in [-0.1, -0.05) is 18.5 Å². The summed E-state index contributed by atoms with van der Waals surface area (Å²) in [6.45, 7) is -1.81. The van der Waals surface area contributed by atoms with Gasteiger partial charge in [0.2, 0.25) is 0 Å². The first kappa shape index (κ1) is 32.0. The van der Waals surface area contributed by atoms with Gasteiger partial charge in [0.15, 0.2) is 17.3 Å². The topological polar surface area (TPSA) is 123 Å². The molecule has 0 aliphatic heterocycles. The fourth-order valence-corrected chi connectivity index (χ4v) is 5.96. The molecule has 0 bridgehead atoms. The van der Waals surface area contributed by atoms with Gasteiger partial charge < -0.3 is 15.2 Å². The van der Waals surface area contributed by atoms with Crippen LogP contribution in [0.25, 0.3) is 5.82 Å². The molecule has 3 rings (SSSR count). The van der Waals surface area contributed by atoms with Gasteiger partial charge in [-0.3, -0.25) is 9.36 Å². The molecule has 0 unspecified atom stereocenters. The van der Waals surface area contributed by atoms with E-state index in [9.17, 15) is 40.3 Å². The zero-order valence-electron chi connectivity index (χ0n) is 21.8. The normalized spacial score (nSPS) is 20.1. The van der Waals surface area contributed by atoms with Gasteiger partial charge in [0.05, 0.1) is 10.9 Å². The Balaban J connectivity index is 1.82. The molecule has 9 nitrogen and oxygen atoms in total. The SMILES string of the molecule is CCc1nc(C(=O)NC[C@]2(O)CC[C@@H](S(C)(=O)=O)CC2)c(Cl)n1-c1ncc(CCCC(F)(F)F)cc1OC(F)F. The van der Waals surface area contributed by atoms with Crippen molar-refractivity contribution in [3.8, 4) is 11.6 Å². The van der Waals surface area contributed by atoms with Crippen LogP contribution >= 0.6 is 11.6 Å². The Bertz CT molecular complexity index is 1310. The number of amides is 1. The van der Waals surface area contributed by atoms with Crippen molar-refractivity contribution in [2.75, 3.05) is 12.8 Å². The van der Waals surface area contributed by atoms with Gasteiger partial charge in [0.25, 0.3) is 5.91 Å². The van der Waals surface area contributed by atoms with Crippen LogP contribution in [0.1, 0.15) is 67.3 Å². The van der Waals surface area contributed by atoms with Crippen molar-refractivity contribution in [2.24, 2.45) is 0 Å². The predicted molar refractivity (Wildman–Crippen MR) is 136 cm³/mol. The maximum Gasteiger partial charge on any atom is 0.389 e. The Morgan fingerprint density at radius 3 is 2.52 bits per heavy atom. The van der Waals surface area contributed by atoms with Gasteiger partial charge >= 0.3 is 12.8 Å². The molecule has 1 fully saturated rings. The van der Waals surface area contributed by atoms with Gasteiger partial charge in [-0.15, -0.1) is 0 Å². The molecule has 1 aliphatic carbocycles. The summed E-state index contributed by atoms with van der Waals surface area (Å²) in [7, 11) is -3.25. The summed E-state index contributed by atoms with van der Waals surface area (Å²) in [6, 6.07) is 1.14. The number of rotatable bonds is 11. The van der Waals surface area contributed by atoms with E-state index in [1.807, 2.05) is 0 Å². The van der Waals surface area contributed by atoms with Crippen LogP contribution in [0.3, 0.4) is 0 Å². The number of sulfone groups is 1. The van der Waals surface area contributed by atoms with Crippen molar-refractivity contribution in [3.63, 3.8) is 0 Å². The van der Waals surface area contributed by atoms with Crippen LogP contribution < -0.4 is 10.1 Å². The lowest BCUT2D eigenvalue weighted by molar-refractivity contribution is -0.135. The molecule has 0 aromatic carbocycles. The minimum absolute atomic E-state index is 0.0911. The third kappa shape index (κ3) is 8.26. The van der Waals surface area contributed by atoms with Gasteiger partial charge in [-0.2, -0.15) is 22.0 Å². The molecular formula is C24H30ClF5N4O5S. The number of carbonyl (C=O) groups excluding carboxylic acids is 1. The van der Waals surface area contributed by atoms with E-state index in [1.165, 1.54) is 6.20 Å². The fraction of sp³-hybridized carbons (Fsp3) is 0.625. The number of aryl methyl sites for hydroxylation is 2. The second-order valence-electron chi connectivity index (χ2n) is 9.80. The van der Waals surface area contributed by atoms with Crippen LogP contribution in [-0.2, 0) is 22.7 Å². The summed E-state index contributed by atoms with van der Waals surface area (Å²) in [5, 5.41) is 12.5. The van der Waals surface area contributed by atoms with Crippen molar-refractivity contribution in [1.29, 1.82) is 0 Å². The van der Waals surface area contributed by atoms with Crippen LogP contribution in [0.15, 0.2) is 12.3 Å². The van der Waals surface area contributed by atoms with Crippen molar-refractivity contribution in [2.45, 2.75) is 81.9 Å². The maximum absolute atomic E-state index is 13.2. The average Bonchev–Trinajstić information content (AvgIpc) is 3.17. The number of hydrogen-bond acceptors (Lipinski definition) is 7. The summed E-state index contributed by atoms with van der Waals surface area (Å²) < 4.78 is 93.2. The number of pyridine rings is 1. The maximum atomic E-state index is 13.2. The molecule has 224 valence electrons. The third-order valence-corrected chi connectivity index (χ3v) is 8.74. The Labute approximate surface area is 233 Å². The number of nitrogens with zero attached hydrogens (tertiary/aromatic N) is 3. The number of alkyl halides is 5. The van der Waals surface area contributed by atoms with E-state index < -0.39 is 51.6 Å². The lowest BCUT2D eigenvalue weighted by Gasteiger charge is -2.35. The lowest BCUT2D eigenvalue weighted by atomic mass is 9.84. The van der Waals surface area contributed by atoms with Gasteiger partial charge in [-0.25, -0.2) is 18.4 Å². The molecule has 1 saturated carbocycles. The van der Waals surface area contributed by atoms with E-state index in [4.69, 9.17) is 11.6 Å². The van der Waals surface area contributed by atoms with E-state index >= 15 is 0 Å². The minimum Gasteiger partial charge on any atom is -0.431 e. The summed E-state index contributed by atoms with van der Waals surface area (Å²) in [5.74, 6) is -1.29. The first-order valence-corrected chi connectivity index (χ1v) is 14.8. The van der Waals surface area contributed by atoms with Crippen molar-refractivity contribution in [3.05, 3.63) is 34.5 Å². The highest BCUT2D eigenvalue weighted by molar-refractivity contribution is 7.91. The van der Waals surface area contributed by atoms with E-state index in [0.29, 0.717) is 0 Å². The van der Waals surface area contributed by atoms with E-state index in [1.54, 1.807) is 6.92 Å². The largest absolute Gasteiger partial charge is 0.431 e. The van der Waals surface area contributed by atoms with Crippen LogP contribution in [0, 0.1) is 0 Å². The summed E-state index contributed by atoms with van der Waals surface area (Å²) in [4.78, 5) is 21.3. The standard InChI is InChI=1S/C24H30ClF5N4O5S/c1-3-17-33-18(21(35)32-13-23(36)9-6-15(7-10-23)40(2,37)38)19(25)34(17)20-16(39-22(26)27)11-14(12-31-20)5-4-8-24(28,29)30/h11-12,15,22,36H,3-10,13H2,1-2H3,(H,32,35)/t15-,23+. The molecule has 2 heterocycles. The van der Waals surface area contributed by atoms with Crippen molar-refractivity contribution < 1.29 is 45.0 Å². The van der Waals surface area contributed by atoms with E-state index in [2.05, 4.69) is 20.0 Å². The molecule has 1 aliphatic rings. The molecule has 40 heavy (non-hydrogen) atoms. The summed E-state index contributed by atoms with van der Waals surface area (Å²) >= 11 is 6.45. The second-order valence-corrected chi connectivity index (χ2v) is 12.5. The van der Waals surface area contributed by atoms with Crippen LogP contribution in [0.2, 0.25) is 5.15 Å². The van der Waals surface area contributed by atoms with E-state index in [-0.39, 0.29) is 79.5 Å². The lowest BCUT2D eigenvalue weighted by Crippen LogP contribution is -2.47. The monoisotopic (exact) mass is 616 g/mol. The predicted octanol–water partition coefficient (Wildman–Crippen LogP) is 4.42. The highest BCUT2D eigenvalue weighted by atomic mass is 35.5. The molecule has 2 N–H and O–H groups in total. The minimum atomic E-state index is -4.36. The number of halogens is 6. The number of carbonyl (C=O) groups is 1. The number of nitrogens with one attached hydrogen (secondary N) is 1. The van der Waals surface area contributed by atoms with Gasteiger partial charge in [-0.05, 0) is 50.2 Å². The van der Waals surface area contributed by atoms with Crippen LogP contribution in [-0.4, -0.2) is 70.4 Å². The second kappa shape index (κ2) is 12.6. The molecule has 0 radical (unpaired) electrons. The van der Waals surface area contributed by atoms with Crippen LogP contribution in [0.5, 0.6) is 5.75 Å². The van der Waals surface area contributed by atoms with E-state index in [0.717, 1.165) is 16.9 Å². The van der Waals surface area contributed by atoms with Crippen molar-refractivity contribution >= 4 is 27.3 Å². The Morgan fingerprint density at radius 2 is 1.98 bits per heavy atom. The molecule has 0 spiro atoms. The zero-order valence-corrected chi connectivity index (χ0v) is 23.3. The average molecular weight is 617 g/mol. The number of aliphatic hydroxyl groups is 1. The fourth-order valence-electron chi connectivity index (χ4n) is 4.56. The first-order chi connectivity index (χ1) is 18.5. The number of hydrogen-bond donors (Lipinski definition) is 2. The third-order valence-electron chi connectivity index (χ3n) is 6.71. The molecule has 2 aromatic rings. The summed E-state index contributed by atoms with van der Waals surface area (Å²) in [6.07, 6.45) is -2.46. The quantitative estimate of drug-likeness (QED) is 0.358. The number of imidazole rings is 1. The van der Waals surface area contributed by atoms with Crippen LogP contribution in [0.4, 0.5) is 22.0 Å². The molecule has 2 aromatic heterocycles. The molecular weight excluding hydrogens is 587 g/mol. The zero-order chi connectivity index (χ0) is 29.9. The molecule has 1 amide bonds. The number of aromatic nitrogens is 3. The van der Waals surface area contributed by atoms with Gasteiger partial charge in [0, 0.05) is 31.8 Å². The molecule has 0 atom stereocenters. The highest BCUT2D eigenvalue weighted by Crippen LogP contribution is 2.33. The Morgan fingerprint density at radius 1 is 1.32 bits per heavy atom. The summed E-state index contributed by atoms with van der Waals surface area (Å²) in [5.41, 5.74) is -1.37. The van der Waals surface area contributed by atoms with Gasteiger partial charge in [0.1, 0.15) is 20.8 Å². The van der Waals surface area contributed by atoms with Crippen molar-refractivity contribution in [1.82, 2.24) is 19.9 Å². The Kier molecular flexibility index (Phi) is 10.0. The molecule has 16 heteroatoms. The Hall–Kier alpha value is -2.52. The first-order valence-electron chi connectivity index (χ1n) is 12.5. The highest BCUT2D eigenvalue weighted by Gasteiger charge is 2.37. The molecule has 0 saturated heterocycles. The number of ether oxygens (including phenoxy) is 1. The smallest absolute Gasteiger partial charge is 0.389 e.